The topological polar surface area (TPSA) is 103 Å². The van der Waals surface area contributed by atoms with Crippen molar-refractivity contribution in [2.45, 2.75) is 0 Å². The largest absolute Gasteiger partial charge is 0.496 e. The van der Waals surface area contributed by atoms with E-state index in [9.17, 15) is 14.4 Å². The van der Waals surface area contributed by atoms with Crippen LogP contribution < -0.4 is 24.3 Å². The molecule has 1 fully saturated rings. The molecule has 3 rings (SSSR count). The third kappa shape index (κ3) is 6.15. The van der Waals surface area contributed by atoms with Gasteiger partial charge in [-0.1, -0.05) is 18.2 Å². The quantitative estimate of drug-likeness (QED) is 0.496. The summed E-state index contributed by atoms with van der Waals surface area (Å²) in [5.41, 5.74) is 1.37. The first-order valence-electron chi connectivity index (χ1n) is 10.6. The number of hydrogen-bond donors (Lipinski definition) is 1. The molecule has 1 N–H and O–H groups in total. The van der Waals surface area contributed by atoms with Gasteiger partial charge in [0.15, 0.2) is 11.5 Å². The van der Waals surface area contributed by atoms with E-state index >= 15 is 0 Å². The zero-order valence-corrected chi connectivity index (χ0v) is 20.6. The fraction of sp³-hybridized carbons (Fsp3) is 0.240. The Hall–Kier alpha value is -3.92. The zero-order valence-electron chi connectivity index (χ0n) is 19.8. The summed E-state index contributed by atoms with van der Waals surface area (Å²) in [5, 5.41) is 2.27. The molecule has 10 heteroatoms. The Kier molecular flexibility index (Phi) is 8.80. The van der Waals surface area contributed by atoms with Crippen molar-refractivity contribution in [2.24, 2.45) is 0 Å². The Bertz CT molecular complexity index is 1150. The first-order chi connectivity index (χ1) is 16.9. The Balaban J connectivity index is 1.63. The van der Waals surface area contributed by atoms with Gasteiger partial charge in [0, 0.05) is 24.7 Å². The van der Waals surface area contributed by atoms with Crippen LogP contribution in [0.5, 0.6) is 23.0 Å². The summed E-state index contributed by atoms with van der Waals surface area (Å²) >= 11 is 0.829. The third-order valence-electron chi connectivity index (χ3n) is 5.05. The van der Waals surface area contributed by atoms with Crippen molar-refractivity contribution in [2.75, 3.05) is 41.5 Å². The van der Waals surface area contributed by atoms with E-state index in [1.54, 1.807) is 37.5 Å². The van der Waals surface area contributed by atoms with Crippen LogP contribution >= 0.6 is 11.8 Å². The molecular formula is C25H26N2O7S. The van der Waals surface area contributed by atoms with Crippen molar-refractivity contribution in [1.82, 2.24) is 10.2 Å². The summed E-state index contributed by atoms with van der Waals surface area (Å²) in [7, 11) is 6.04. The third-order valence-corrected chi connectivity index (χ3v) is 5.95. The van der Waals surface area contributed by atoms with Crippen molar-refractivity contribution in [3.63, 3.8) is 0 Å². The molecule has 0 radical (unpaired) electrons. The van der Waals surface area contributed by atoms with Crippen LogP contribution in [0.4, 0.5) is 4.79 Å². The number of rotatable bonds is 10. The van der Waals surface area contributed by atoms with Crippen molar-refractivity contribution in [3.8, 4) is 23.0 Å². The summed E-state index contributed by atoms with van der Waals surface area (Å²) in [6.45, 7) is 0.163. The summed E-state index contributed by atoms with van der Waals surface area (Å²) in [5.74, 6) is 1.15. The first kappa shape index (κ1) is 25.7. The number of ether oxygens (including phenoxy) is 4. The number of imide groups is 1. The van der Waals surface area contributed by atoms with Crippen LogP contribution in [0.15, 0.2) is 47.4 Å². The molecule has 3 amide bonds. The van der Waals surface area contributed by atoms with E-state index in [0.717, 1.165) is 22.2 Å². The molecule has 1 aliphatic heterocycles. The van der Waals surface area contributed by atoms with Crippen molar-refractivity contribution >= 4 is 41.0 Å². The van der Waals surface area contributed by atoms with Gasteiger partial charge in [0.1, 0.15) is 5.75 Å². The zero-order chi connectivity index (χ0) is 25.4. The minimum absolute atomic E-state index is 0.0471. The summed E-state index contributed by atoms with van der Waals surface area (Å²) in [6, 6.07) is 10.7. The Morgan fingerprint density at radius 2 is 1.63 bits per heavy atom. The normalized spacial score (nSPS) is 14.5. The number of nitrogens with one attached hydrogen (secondary N) is 1. The standard InChI is InChI=1S/C25H26N2O7S/c1-31-18-8-6-5-7-17(18)9-10-22(28)26-11-12-27-24(29)21(35-25(27)30)15-16-13-19(32-2)23(34-4)20(14-16)33-3/h5-10,13-15H,11-12H2,1-4H3,(H,26,28). The van der Waals surface area contributed by atoms with Gasteiger partial charge in [0.25, 0.3) is 11.1 Å². The molecule has 9 nitrogen and oxygen atoms in total. The number of benzene rings is 2. The molecule has 1 heterocycles. The molecule has 1 aliphatic rings. The van der Waals surface area contributed by atoms with E-state index in [2.05, 4.69) is 5.32 Å². The maximum atomic E-state index is 12.8. The molecule has 184 valence electrons. The number of carbonyl (C=O) groups excluding carboxylic acids is 3. The summed E-state index contributed by atoms with van der Waals surface area (Å²) < 4.78 is 21.2. The second-order valence-corrected chi connectivity index (χ2v) is 8.15. The molecular weight excluding hydrogens is 472 g/mol. The lowest BCUT2D eigenvalue weighted by Crippen LogP contribution is -2.36. The number of nitrogens with zero attached hydrogens (tertiary/aromatic N) is 1. The molecule has 0 atom stereocenters. The number of hydrogen-bond acceptors (Lipinski definition) is 8. The highest BCUT2D eigenvalue weighted by molar-refractivity contribution is 8.18. The molecule has 2 aromatic carbocycles. The fourth-order valence-corrected chi connectivity index (χ4v) is 4.21. The van der Waals surface area contributed by atoms with Gasteiger partial charge < -0.3 is 24.3 Å². The van der Waals surface area contributed by atoms with Crippen LogP contribution in [0, 0.1) is 0 Å². The minimum atomic E-state index is -0.437. The van der Waals surface area contributed by atoms with Crippen LogP contribution in [-0.4, -0.2) is 63.5 Å². The highest BCUT2D eigenvalue weighted by Crippen LogP contribution is 2.40. The van der Waals surface area contributed by atoms with Crippen LogP contribution in [0.25, 0.3) is 12.2 Å². The summed E-state index contributed by atoms with van der Waals surface area (Å²) in [6.07, 6.45) is 4.59. The fourth-order valence-electron chi connectivity index (χ4n) is 3.35. The molecule has 1 saturated heterocycles. The Morgan fingerprint density at radius 3 is 2.26 bits per heavy atom. The predicted molar refractivity (Wildman–Crippen MR) is 134 cm³/mol. The van der Waals surface area contributed by atoms with Crippen LogP contribution in [0.1, 0.15) is 11.1 Å². The maximum Gasteiger partial charge on any atom is 0.293 e. The SMILES string of the molecule is COc1ccccc1C=CC(=O)NCCN1C(=O)SC(=Cc2cc(OC)c(OC)c(OC)c2)C1=O. The van der Waals surface area contributed by atoms with Crippen LogP contribution in [0.2, 0.25) is 0 Å². The van der Waals surface area contributed by atoms with Crippen molar-refractivity contribution in [3.05, 3.63) is 58.5 Å². The molecule has 0 bridgehead atoms. The smallest absolute Gasteiger partial charge is 0.293 e. The number of methoxy groups -OCH3 is 4. The first-order valence-corrected chi connectivity index (χ1v) is 11.4. The lowest BCUT2D eigenvalue weighted by atomic mass is 10.1. The van der Waals surface area contributed by atoms with Gasteiger partial charge in [-0.25, -0.2) is 0 Å². The molecule has 0 aliphatic carbocycles. The molecule has 0 saturated carbocycles. The number of thioether (sulfide) groups is 1. The molecule has 0 unspecified atom stereocenters. The number of amides is 3. The van der Waals surface area contributed by atoms with E-state index in [1.165, 1.54) is 27.4 Å². The van der Waals surface area contributed by atoms with Gasteiger partial charge >= 0.3 is 0 Å². The van der Waals surface area contributed by atoms with E-state index < -0.39 is 11.1 Å². The highest BCUT2D eigenvalue weighted by Gasteiger charge is 2.34. The Labute approximate surface area is 207 Å². The van der Waals surface area contributed by atoms with E-state index in [0.29, 0.717) is 28.6 Å². The Morgan fingerprint density at radius 1 is 0.971 bits per heavy atom. The van der Waals surface area contributed by atoms with Gasteiger partial charge in [-0.2, -0.15) is 0 Å². The van der Waals surface area contributed by atoms with Gasteiger partial charge in [0.2, 0.25) is 11.7 Å². The van der Waals surface area contributed by atoms with E-state index in [1.807, 2.05) is 18.2 Å². The minimum Gasteiger partial charge on any atom is -0.496 e. The van der Waals surface area contributed by atoms with Gasteiger partial charge in [-0.15, -0.1) is 0 Å². The van der Waals surface area contributed by atoms with E-state index in [4.69, 9.17) is 18.9 Å². The molecule has 0 spiro atoms. The average molecular weight is 499 g/mol. The number of para-hydroxylation sites is 1. The summed E-state index contributed by atoms with van der Waals surface area (Å²) in [4.78, 5) is 38.7. The molecule has 0 aromatic heterocycles. The monoisotopic (exact) mass is 498 g/mol. The van der Waals surface area contributed by atoms with Crippen molar-refractivity contribution < 1.29 is 33.3 Å². The van der Waals surface area contributed by atoms with Gasteiger partial charge in [-0.05, 0) is 47.7 Å². The highest BCUT2D eigenvalue weighted by atomic mass is 32.2. The molecule has 35 heavy (non-hydrogen) atoms. The second kappa shape index (κ2) is 12.0. The number of carbonyl (C=O) groups is 3. The van der Waals surface area contributed by atoms with E-state index in [-0.39, 0.29) is 23.9 Å². The van der Waals surface area contributed by atoms with Gasteiger partial charge in [-0.3, -0.25) is 19.3 Å². The lowest BCUT2D eigenvalue weighted by Gasteiger charge is -2.13. The van der Waals surface area contributed by atoms with Crippen molar-refractivity contribution in [1.29, 1.82) is 0 Å². The lowest BCUT2D eigenvalue weighted by molar-refractivity contribution is -0.123. The maximum absolute atomic E-state index is 12.8. The predicted octanol–water partition coefficient (Wildman–Crippen LogP) is 3.59. The van der Waals surface area contributed by atoms with Crippen LogP contribution in [0.3, 0.4) is 0 Å². The average Bonchev–Trinajstić information content (AvgIpc) is 3.14. The second-order valence-electron chi connectivity index (χ2n) is 7.16. The van der Waals surface area contributed by atoms with Crippen LogP contribution in [-0.2, 0) is 9.59 Å². The molecule has 2 aromatic rings. The van der Waals surface area contributed by atoms with Gasteiger partial charge in [0.05, 0.1) is 33.3 Å².